The van der Waals surface area contributed by atoms with E-state index in [1.54, 1.807) is 11.4 Å². The molecule has 1 rings (SSSR count). The molecule has 0 saturated heterocycles. The van der Waals surface area contributed by atoms with Crippen LogP contribution in [0.4, 0.5) is 0 Å². The van der Waals surface area contributed by atoms with E-state index in [-0.39, 0.29) is 5.57 Å². The van der Waals surface area contributed by atoms with Gasteiger partial charge in [-0.15, -0.1) is 0 Å². The van der Waals surface area contributed by atoms with Crippen LogP contribution in [0.5, 0.6) is 0 Å². The van der Waals surface area contributed by atoms with Gasteiger partial charge in [0, 0.05) is 11.0 Å². The molecule has 4 heteroatoms. The number of nitrogens with zero attached hydrogens (tertiary/aromatic N) is 1. The summed E-state index contributed by atoms with van der Waals surface area (Å²) in [5.74, 6) is 0. The van der Waals surface area contributed by atoms with E-state index in [1.807, 2.05) is 0 Å². The Labute approximate surface area is 62.4 Å². The minimum Gasteiger partial charge on any atom is -0.357 e. The minimum atomic E-state index is -0.772. The predicted molar refractivity (Wildman–Crippen MR) is 38.3 cm³/mol. The van der Waals surface area contributed by atoms with Gasteiger partial charge in [0.2, 0.25) is 0 Å². The molecule has 0 atom stereocenters. The van der Waals surface area contributed by atoms with Crippen LogP contribution in [0.15, 0.2) is 18.0 Å². The average Bonchev–Trinajstić information content (AvgIpc) is 2.36. The molecule has 2 N–H and O–H groups in total. The molecule has 0 aliphatic heterocycles. The van der Waals surface area contributed by atoms with Crippen LogP contribution >= 0.6 is 11.5 Å². The first kappa shape index (κ1) is 7.40. The molecule has 53 valence electrons. The van der Waals surface area contributed by atoms with Crippen molar-refractivity contribution in [3.8, 4) is 0 Å². The van der Waals surface area contributed by atoms with Crippen molar-refractivity contribution in [2.24, 2.45) is 0 Å². The Hall–Kier alpha value is -0.710. The molecule has 0 fully saturated rings. The van der Waals surface area contributed by atoms with E-state index in [4.69, 9.17) is 10.2 Å². The van der Waals surface area contributed by atoms with Crippen LogP contribution in [-0.2, 0) is 0 Å². The van der Waals surface area contributed by atoms with Crippen LogP contribution in [0.25, 0.3) is 5.57 Å². The summed E-state index contributed by atoms with van der Waals surface area (Å²) in [6.07, 6.45) is -0.772. The summed E-state index contributed by atoms with van der Waals surface area (Å²) in [5, 5.41) is 18.8. The number of aliphatic hydroxyl groups excluding tert-OH is 1. The van der Waals surface area contributed by atoms with Gasteiger partial charge in [-0.2, -0.15) is 4.37 Å². The van der Waals surface area contributed by atoms with Crippen molar-refractivity contribution in [3.63, 3.8) is 0 Å². The molecule has 0 unspecified atom stereocenters. The monoisotopic (exact) mass is 156 g/mol. The van der Waals surface area contributed by atoms with Crippen molar-refractivity contribution in [2.45, 2.75) is 0 Å². The summed E-state index contributed by atoms with van der Waals surface area (Å²) in [5.41, 5.74) is 0.659. The predicted octanol–water partition coefficient (Wildman–Crippen LogP) is 1.39. The van der Waals surface area contributed by atoms with Gasteiger partial charge in [0.15, 0.2) is 0 Å². The quantitative estimate of drug-likeness (QED) is 0.680. The summed E-state index contributed by atoms with van der Waals surface area (Å²) in [7, 11) is 0. The van der Waals surface area contributed by atoms with Crippen molar-refractivity contribution < 1.29 is 10.2 Å². The Kier molecular flexibility index (Phi) is 2.16. The molecule has 0 aromatic carbocycles. The third-order valence-corrected chi connectivity index (χ3v) is 1.58. The fourth-order valence-corrected chi connectivity index (χ4v) is 1.02. The minimum absolute atomic E-state index is 0.154. The zero-order chi connectivity index (χ0) is 7.56. The second-order valence-corrected chi connectivity index (χ2v) is 2.35. The van der Waals surface area contributed by atoms with Crippen molar-refractivity contribution in [1.82, 2.24) is 4.37 Å². The Bertz CT molecular complexity index is 218. The molecule has 0 spiro atoms. The molecule has 10 heavy (non-hydrogen) atoms. The van der Waals surface area contributed by atoms with E-state index < -0.39 is 6.29 Å². The molecule has 1 heterocycles. The van der Waals surface area contributed by atoms with Crippen LogP contribution < -0.4 is 0 Å². The number of aromatic nitrogens is 1. The molecular weight excluding hydrogens is 150 g/mol. The second-order valence-electron chi connectivity index (χ2n) is 1.69. The van der Waals surface area contributed by atoms with Crippen molar-refractivity contribution in [2.75, 3.05) is 0 Å². The fourth-order valence-electron chi connectivity index (χ4n) is 0.483. The Morgan fingerprint density at radius 3 is 2.70 bits per heavy atom. The maximum absolute atomic E-state index is 8.53. The van der Waals surface area contributed by atoms with Gasteiger partial charge in [0.1, 0.15) is 0 Å². The first-order chi connectivity index (χ1) is 4.72. The molecule has 0 aliphatic rings. The smallest absolute Gasteiger partial charge is 0.252 e. The summed E-state index contributed by atoms with van der Waals surface area (Å²) in [6, 6.07) is 1.67. The van der Waals surface area contributed by atoms with Crippen LogP contribution in [0.1, 0.15) is 5.69 Å². The SMILES string of the molecule is C=C([C](O)O)c1ccsn1. The van der Waals surface area contributed by atoms with Gasteiger partial charge in [-0.05, 0) is 17.6 Å². The molecule has 0 bridgehead atoms. The van der Waals surface area contributed by atoms with Crippen molar-refractivity contribution in [3.05, 3.63) is 30.0 Å². The lowest BCUT2D eigenvalue weighted by Crippen LogP contribution is -1.95. The van der Waals surface area contributed by atoms with E-state index in [0.717, 1.165) is 0 Å². The van der Waals surface area contributed by atoms with Gasteiger partial charge in [0.05, 0.1) is 5.69 Å². The highest BCUT2D eigenvalue weighted by molar-refractivity contribution is 7.03. The van der Waals surface area contributed by atoms with E-state index in [0.29, 0.717) is 5.69 Å². The van der Waals surface area contributed by atoms with Gasteiger partial charge < -0.3 is 10.2 Å². The molecule has 1 aromatic rings. The van der Waals surface area contributed by atoms with E-state index in [1.165, 1.54) is 11.5 Å². The molecule has 0 amide bonds. The number of rotatable bonds is 2. The highest BCUT2D eigenvalue weighted by Gasteiger charge is 2.09. The summed E-state index contributed by atoms with van der Waals surface area (Å²) in [6.45, 7) is 3.40. The normalized spacial score (nSPS) is 10.3. The van der Waals surface area contributed by atoms with Crippen LogP contribution in [0, 0.1) is 6.29 Å². The number of hydrogen-bond acceptors (Lipinski definition) is 4. The number of aliphatic hydroxyl groups is 2. The number of hydrogen-bond donors (Lipinski definition) is 2. The zero-order valence-electron chi connectivity index (χ0n) is 5.11. The summed E-state index contributed by atoms with van der Waals surface area (Å²) < 4.78 is 3.84. The van der Waals surface area contributed by atoms with E-state index in [9.17, 15) is 0 Å². The lowest BCUT2D eigenvalue weighted by molar-refractivity contribution is 0.123. The van der Waals surface area contributed by atoms with Crippen LogP contribution in [0.3, 0.4) is 0 Å². The van der Waals surface area contributed by atoms with Crippen LogP contribution in [-0.4, -0.2) is 14.6 Å². The topological polar surface area (TPSA) is 53.4 Å². The van der Waals surface area contributed by atoms with E-state index in [2.05, 4.69) is 11.0 Å². The largest absolute Gasteiger partial charge is 0.357 e. The van der Waals surface area contributed by atoms with Gasteiger partial charge in [-0.25, -0.2) is 0 Å². The first-order valence-corrected chi connectivity index (χ1v) is 3.40. The van der Waals surface area contributed by atoms with Gasteiger partial charge in [0.25, 0.3) is 6.29 Å². The highest BCUT2D eigenvalue weighted by Crippen LogP contribution is 2.17. The summed E-state index contributed by atoms with van der Waals surface area (Å²) in [4.78, 5) is 0. The van der Waals surface area contributed by atoms with Crippen molar-refractivity contribution in [1.29, 1.82) is 0 Å². The van der Waals surface area contributed by atoms with Gasteiger partial charge >= 0.3 is 0 Å². The second kappa shape index (κ2) is 2.92. The van der Waals surface area contributed by atoms with E-state index >= 15 is 0 Å². The Morgan fingerprint density at radius 2 is 2.30 bits per heavy atom. The third-order valence-electron chi connectivity index (χ3n) is 1.02. The average molecular weight is 156 g/mol. The molecule has 3 nitrogen and oxygen atoms in total. The van der Waals surface area contributed by atoms with Gasteiger partial charge in [-0.3, -0.25) is 0 Å². The fraction of sp³-hybridized carbons (Fsp3) is 0. The summed E-state index contributed by atoms with van der Waals surface area (Å²) >= 11 is 1.24. The lowest BCUT2D eigenvalue weighted by Gasteiger charge is -1.99. The molecule has 0 aliphatic carbocycles. The highest BCUT2D eigenvalue weighted by atomic mass is 32.1. The maximum Gasteiger partial charge on any atom is 0.252 e. The Balaban J connectivity index is 2.78. The Morgan fingerprint density at radius 1 is 1.60 bits per heavy atom. The van der Waals surface area contributed by atoms with Gasteiger partial charge in [-0.1, -0.05) is 6.58 Å². The van der Waals surface area contributed by atoms with Crippen LogP contribution in [0.2, 0.25) is 0 Å². The first-order valence-electron chi connectivity index (χ1n) is 2.56. The molecular formula is C6H6NO2S. The standard InChI is InChI=1S/C6H6NO2S/c1-4(6(8)9)5-2-3-10-7-5/h2-3,8-9H,1H2. The molecule has 1 radical (unpaired) electrons. The van der Waals surface area contributed by atoms with Crippen molar-refractivity contribution >= 4 is 17.1 Å². The molecule has 1 aromatic heterocycles. The maximum atomic E-state index is 8.53. The molecule has 0 saturated carbocycles. The lowest BCUT2D eigenvalue weighted by atomic mass is 10.2. The zero-order valence-corrected chi connectivity index (χ0v) is 5.93. The third kappa shape index (κ3) is 1.41.